The molecule has 0 aromatic carbocycles. The summed E-state index contributed by atoms with van der Waals surface area (Å²) in [6.45, 7) is 4.69. The second-order valence-electron chi connectivity index (χ2n) is 4.53. The summed E-state index contributed by atoms with van der Waals surface area (Å²) in [5, 5.41) is 13.1. The Morgan fingerprint density at radius 1 is 1.47 bits per heavy atom. The number of aromatic nitrogens is 2. The van der Waals surface area contributed by atoms with Crippen LogP contribution < -0.4 is 0 Å². The zero-order chi connectivity index (χ0) is 13.4. The standard InChI is InChI=1S/C11H17N3O3/c1-7-8(6-13(4)12-7)9(15)14(5)11(2,3)10(16)17/h6H,1-5H3,(H,16,17). The second kappa shape index (κ2) is 4.20. The largest absolute Gasteiger partial charge is 0.480 e. The highest BCUT2D eigenvalue weighted by molar-refractivity contribution is 5.98. The van der Waals surface area contributed by atoms with Gasteiger partial charge in [-0.3, -0.25) is 9.48 Å². The molecule has 0 fully saturated rings. The van der Waals surface area contributed by atoms with Gasteiger partial charge in [-0.25, -0.2) is 4.79 Å². The summed E-state index contributed by atoms with van der Waals surface area (Å²) < 4.78 is 1.53. The van der Waals surface area contributed by atoms with Crippen molar-refractivity contribution < 1.29 is 14.7 Å². The van der Waals surface area contributed by atoms with E-state index in [0.29, 0.717) is 11.3 Å². The molecule has 0 bridgehead atoms. The van der Waals surface area contributed by atoms with E-state index in [1.807, 2.05) is 0 Å². The minimum Gasteiger partial charge on any atom is -0.480 e. The van der Waals surface area contributed by atoms with Gasteiger partial charge in [-0.05, 0) is 20.8 Å². The lowest BCUT2D eigenvalue weighted by Gasteiger charge is -2.31. The van der Waals surface area contributed by atoms with Crippen molar-refractivity contribution in [2.45, 2.75) is 26.3 Å². The van der Waals surface area contributed by atoms with Crippen LogP contribution in [0.3, 0.4) is 0 Å². The van der Waals surface area contributed by atoms with Gasteiger partial charge >= 0.3 is 5.97 Å². The van der Waals surface area contributed by atoms with Crippen molar-refractivity contribution in [3.8, 4) is 0 Å². The third-order valence-corrected chi connectivity index (χ3v) is 2.91. The zero-order valence-corrected chi connectivity index (χ0v) is 10.7. The SMILES string of the molecule is Cc1nn(C)cc1C(=O)N(C)C(C)(C)C(=O)O. The Balaban J connectivity index is 3.06. The van der Waals surface area contributed by atoms with Crippen molar-refractivity contribution in [1.29, 1.82) is 0 Å². The number of carbonyl (C=O) groups excluding carboxylic acids is 1. The lowest BCUT2D eigenvalue weighted by molar-refractivity contribution is -0.147. The van der Waals surface area contributed by atoms with Crippen molar-refractivity contribution in [2.75, 3.05) is 7.05 Å². The summed E-state index contributed by atoms with van der Waals surface area (Å²) in [6.07, 6.45) is 1.59. The van der Waals surface area contributed by atoms with Gasteiger partial charge < -0.3 is 10.0 Å². The Labute approximate surface area is 99.8 Å². The third-order valence-electron chi connectivity index (χ3n) is 2.91. The minimum absolute atomic E-state index is 0.344. The summed E-state index contributed by atoms with van der Waals surface area (Å²) >= 11 is 0. The Bertz CT molecular complexity index is 463. The Morgan fingerprint density at radius 2 is 2.00 bits per heavy atom. The first-order chi connectivity index (χ1) is 7.67. The lowest BCUT2D eigenvalue weighted by atomic mass is 10.0. The maximum atomic E-state index is 12.1. The first-order valence-corrected chi connectivity index (χ1v) is 5.19. The molecule has 1 N–H and O–H groups in total. The topological polar surface area (TPSA) is 75.4 Å². The first kappa shape index (κ1) is 13.2. The number of rotatable bonds is 3. The van der Waals surface area contributed by atoms with Gasteiger partial charge in [0.05, 0.1) is 11.3 Å². The van der Waals surface area contributed by atoms with Gasteiger partial charge in [0.25, 0.3) is 5.91 Å². The fraction of sp³-hybridized carbons (Fsp3) is 0.545. The predicted octanol–water partition coefficient (Wildman–Crippen LogP) is 0.664. The molecule has 0 radical (unpaired) electrons. The van der Waals surface area contributed by atoms with Crippen molar-refractivity contribution in [3.05, 3.63) is 17.5 Å². The van der Waals surface area contributed by atoms with Crippen LogP contribution in [0.1, 0.15) is 29.9 Å². The molecule has 6 nitrogen and oxygen atoms in total. The van der Waals surface area contributed by atoms with E-state index >= 15 is 0 Å². The van der Waals surface area contributed by atoms with Crippen molar-refractivity contribution in [3.63, 3.8) is 0 Å². The number of carboxylic acids is 1. The molecule has 1 amide bonds. The van der Waals surface area contributed by atoms with Gasteiger partial charge in [-0.1, -0.05) is 0 Å². The molecule has 0 unspecified atom stereocenters. The lowest BCUT2D eigenvalue weighted by Crippen LogP contribution is -2.50. The van der Waals surface area contributed by atoms with E-state index in [9.17, 15) is 9.59 Å². The third kappa shape index (κ3) is 2.30. The fourth-order valence-electron chi connectivity index (χ4n) is 1.39. The summed E-state index contributed by atoms with van der Waals surface area (Å²) in [5.74, 6) is -1.39. The molecule has 1 aromatic heterocycles. The molecule has 6 heteroatoms. The average Bonchev–Trinajstić information content (AvgIpc) is 2.55. The van der Waals surface area contributed by atoms with E-state index in [-0.39, 0.29) is 5.91 Å². The number of aryl methyl sites for hydroxylation is 2. The number of carboxylic acid groups (broad SMARTS) is 1. The van der Waals surface area contributed by atoms with Crippen LogP contribution in [0, 0.1) is 6.92 Å². The minimum atomic E-state index is -1.25. The van der Waals surface area contributed by atoms with Crippen LogP contribution in [-0.4, -0.2) is 44.3 Å². The highest BCUT2D eigenvalue weighted by atomic mass is 16.4. The van der Waals surface area contributed by atoms with Gasteiger partial charge in [-0.2, -0.15) is 5.10 Å². The van der Waals surface area contributed by atoms with E-state index in [1.54, 1.807) is 20.2 Å². The monoisotopic (exact) mass is 239 g/mol. The number of carbonyl (C=O) groups is 2. The van der Waals surface area contributed by atoms with Gasteiger partial charge in [0.1, 0.15) is 5.54 Å². The molecule has 1 rings (SSSR count). The molecule has 0 saturated carbocycles. The number of likely N-dealkylation sites (N-methyl/N-ethyl adjacent to an activating group) is 1. The molecule has 0 aliphatic heterocycles. The second-order valence-corrected chi connectivity index (χ2v) is 4.53. The summed E-state index contributed by atoms with van der Waals surface area (Å²) in [6, 6.07) is 0. The van der Waals surface area contributed by atoms with Crippen LogP contribution in [0.25, 0.3) is 0 Å². The Kier molecular flexibility index (Phi) is 3.26. The van der Waals surface area contributed by atoms with Gasteiger partial charge in [0, 0.05) is 20.3 Å². The smallest absolute Gasteiger partial charge is 0.329 e. The Hall–Kier alpha value is -1.85. The molecule has 0 atom stereocenters. The number of aliphatic carboxylic acids is 1. The normalized spacial score (nSPS) is 11.4. The van der Waals surface area contributed by atoms with Gasteiger partial charge in [0.15, 0.2) is 0 Å². The van der Waals surface area contributed by atoms with E-state index in [1.165, 1.54) is 30.5 Å². The molecule has 0 aliphatic rings. The van der Waals surface area contributed by atoms with Crippen LogP contribution in [0.5, 0.6) is 0 Å². The van der Waals surface area contributed by atoms with Crippen LogP contribution >= 0.6 is 0 Å². The quantitative estimate of drug-likeness (QED) is 0.841. The number of hydrogen-bond acceptors (Lipinski definition) is 3. The predicted molar refractivity (Wildman–Crippen MR) is 61.8 cm³/mol. The van der Waals surface area contributed by atoms with Crippen molar-refractivity contribution >= 4 is 11.9 Å². The van der Waals surface area contributed by atoms with Crippen LogP contribution in [-0.2, 0) is 11.8 Å². The number of hydrogen-bond donors (Lipinski definition) is 1. The van der Waals surface area contributed by atoms with Crippen LogP contribution in [0.15, 0.2) is 6.20 Å². The summed E-state index contributed by atoms with van der Waals surface area (Å²) in [5.41, 5.74) is -0.241. The highest BCUT2D eigenvalue weighted by Gasteiger charge is 2.36. The number of amides is 1. The van der Waals surface area contributed by atoms with E-state index in [4.69, 9.17) is 5.11 Å². The molecule has 1 aromatic rings. The first-order valence-electron chi connectivity index (χ1n) is 5.19. The molecule has 94 valence electrons. The van der Waals surface area contributed by atoms with Gasteiger partial charge in [-0.15, -0.1) is 0 Å². The number of nitrogens with zero attached hydrogens (tertiary/aromatic N) is 3. The zero-order valence-electron chi connectivity index (χ0n) is 10.7. The molecule has 0 spiro atoms. The Morgan fingerprint density at radius 3 is 2.35 bits per heavy atom. The highest BCUT2D eigenvalue weighted by Crippen LogP contribution is 2.17. The molecule has 17 heavy (non-hydrogen) atoms. The van der Waals surface area contributed by atoms with E-state index < -0.39 is 11.5 Å². The molecule has 0 saturated heterocycles. The molecule has 1 heterocycles. The maximum Gasteiger partial charge on any atom is 0.329 e. The summed E-state index contributed by atoms with van der Waals surface area (Å²) in [7, 11) is 3.19. The average molecular weight is 239 g/mol. The maximum absolute atomic E-state index is 12.1. The summed E-state index contributed by atoms with van der Waals surface area (Å²) in [4.78, 5) is 24.4. The van der Waals surface area contributed by atoms with Crippen LogP contribution in [0.2, 0.25) is 0 Å². The molecular weight excluding hydrogens is 222 g/mol. The molecular formula is C11H17N3O3. The van der Waals surface area contributed by atoms with E-state index in [2.05, 4.69) is 5.10 Å². The van der Waals surface area contributed by atoms with Crippen molar-refractivity contribution in [1.82, 2.24) is 14.7 Å². The van der Waals surface area contributed by atoms with Crippen LogP contribution in [0.4, 0.5) is 0 Å². The fourth-order valence-corrected chi connectivity index (χ4v) is 1.39. The van der Waals surface area contributed by atoms with Gasteiger partial charge in [0.2, 0.25) is 0 Å². The van der Waals surface area contributed by atoms with E-state index in [0.717, 1.165) is 0 Å². The van der Waals surface area contributed by atoms with Crippen molar-refractivity contribution in [2.24, 2.45) is 7.05 Å². The molecule has 0 aliphatic carbocycles.